The van der Waals surface area contributed by atoms with Crippen molar-refractivity contribution in [3.8, 4) is 0 Å². The van der Waals surface area contributed by atoms with E-state index in [1.54, 1.807) is 13.1 Å². The number of hydrogen-bond donors (Lipinski definition) is 0. The molecule has 0 aliphatic heterocycles. The summed E-state index contributed by atoms with van der Waals surface area (Å²) in [6.45, 7) is 3.42. The van der Waals surface area contributed by atoms with Gasteiger partial charge < -0.3 is 0 Å². The number of ketones is 1. The second-order valence-electron chi connectivity index (χ2n) is 2.69. The zero-order valence-corrected chi connectivity index (χ0v) is 7.07. The molecule has 0 aliphatic rings. The molecule has 0 aliphatic carbocycles. The van der Waals surface area contributed by atoms with Crippen molar-refractivity contribution in [2.75, 3.05) is 0 Å². The van der Waals surface area contributed by atoms with Crippen LogP contribution in [0.2, 0.25) is 0 Å². The number of aromatic nitrogens is 2. The summed E-state index contributed by atoms with van der Waals surface area (Å²) in [5, 5.41) is 3.89. The Bertz CT molecular complexity index is 315. The van der Waals surface area contributed by atoms with Crippen LogP contribution in [0.5, 0.6) is 0 Å². The molecule has 0 unspecified atom stereocenters. The molecule has 1 aromatic heterocycles. The SMILES string of the molecule is CC(=O)Cn1ncc(C)c1C=O. The molecule has 1 aromatic rings. The normalized spacial score (nSPS) is 9.83. The van der Waals surface area contributed by atoms with Crippen molar-refractivity contribution in [1.82, 2.24) is 9.78 Å². The Morgan fingerprint density at radius 3 is 2.92 bits per heavy atom. The largest absolute Gasteiger partial charge is 0.298 e. The van der Waals surface area contributed by atoms with Gasteiger partial charge in [0.15, 0.2) is 12.1 Å². The highest BCUT2D eigenvalue weighted by Gasteiger charge is 2.06. The molecule has 0 bridgehead atoms. The predicted molar refractivity (Wildman–Crippen MR) is 43.0 cm³/mol. The maximum Gasteiger partial charge on any atom is 0.168 e. The van der Waals surface area contributed by atoms with Gasteiger partial charge in [0.25, 0.3) is 0 Å². The smallest absolute Gasteiger partial charge is 0.168 e. The second-order valence-corrected chi connectivity index (χ2v) is 2.69. The first-order chi connectivity index (χ1) is 5.65. The monoisotopic (exact) mass is 166 g/mol. The zero-order valence-electron chi connectivity index (χ0n) is 7.07. The highest BCUT2D eigenvalue weighted by Crippen LogP contribution is 2.03. The van der Waals surface area contributed by atoms with Gasteiger partial charge in [0, 0.05) is 0 Å². The molecular formula is C8H10N2O2. The van der Waals surface area contributed by atoms with E-state index in [2.05, 4.69) is 5.10 Å². The molecule has 1 rings (SSSR count). The van der Waals surface area contributed by atoms with Gasteiger partial charge >= 0.3 is 0 Å². The van der Waals surface area contributed by atoms with E-state index >= 15 is 0 Å². The van der Waals surface area contributed by atoms with E-state index in [-0.39, 0.29) is 12.3 Å². The van der Waals surface area contributed by atoms with Crippen LogP contribution in [0.25, 0.3) is 0 Å². The molecule has 64 valence electrons. The molecule has 0 spiro atoms. The number of carbonyl (C=O) groups excluding carboxylic acids is 2. The topological polar surface area (TPSA) is 52.0 Å². The second kappa shape index (κ2) is 3.30. The highest BCUT2D eigenvalue weighted by atomic mass is 16.1. The Balaban J connectivity index is 2.99. The standard InChI is InChI=1S/C8H10N2O2/c1-6-3-9-10(4-7(2)12)8(6)5-11/h3,5H,4H2,1-2H3. The number of aldehydes is 1. The molecule has 0 amide bonds. The van der Waals surface area contributed by atoms with Crippen LogP contribution in [0.4, 0.5) is 0 Å². The van der Waals surface area contributed by atoms with Crippen molar-refractivity contribution in [3.05, 3.63) is 17.5 Å². The first kappa shape index (κ1) is 8.64. The highest BCUT2D eigenvalue weighted by molar-refractivity contribution is 5.78. The summed E-state index contributed by atoms with van der Waals surface area (Å²) >= 11 is 0. The van der Waals surface area contributed by atoms with Crippen molar-refractivity contribution >= 4 is 12.1 Å². The first-order valence-electron chi connectivity index (χ1n) is 3.62. The third-order valence-electron chi connectivity index (χ3n) is 1.56. The van der Waals surface area contributed by atoms with Gasteiger partial charge in [-0.05, 0) is 19.4 Å². The van der Waals surface area contributed by atoms with Gasteiger partial charge in [0.05, 0.1) is 12.7 Å². The fourth-order valence-electron chi connectivity index (χ4n) is 0.979. The molecule has 12 heavy (non-hydrogen) atoms. The van der Waals surface area contributed by atoms with Gasteiger partial charge in [0.1, 0.15) is 5.69 Å². The van der Waals surface area contributed by atoms with Crippen LogP contribution < -0.4 is 0 Å². The van der Waals surface area contributed by atoms with E-state index in [1.165, 1.54) is 11.6 Å². The average Bonchev–Trinajstić information content (AvgIpc) is 2.30. The van der Waals surface area contributed by atoms with Crippen LogP contribution >= 0.6 is 0 Å². The Labute approximate surface area is 70.2 Å². The number of rotatable bonds is 3. The Hall–Kier alpha value is -1.45. The molecule has 4 nitrogen and oxygen atoms in total. The van der Waals surface area contributed by atoms with Crippen LogP contribution in [0, 0.1) is 6.92 Å². The molecule has 0 aromatic carbocycles. The summed E-state index contributed by atoms with van der Waals surface area (Å²) in [5.41, 5.74) is 1.27. The minimum Gasteiger partial charge on any atom is -0.298 e. The van der Waals surface area contributed by atoms with E-state index in [0.29, 0.717) is 12.0 Å². The van der Waals surface area contributed by atoms with E-state index in [9.17, 15) is 9.59 Å². The minimum absolute atomic E-state index is 0.0128. The van der Waals surface area contributed by atoms with Crippen LogP contribution in [0.1, 0.15) is 23.0 Å². The third-order valence-corrected chi connectivity index (χ3v) is 1.56. The maximum absolute atomic E-state index is 10.7. The van der Waals surface area contributed by atoms with Gasteiger partial charge in [-0.3, -0.25) is 14.3 Å². The van der Waals surface area contributed by atoms with Crippen molar-refractivity contribution in [1.29, 1.82) is 0 Å². The molecule has 0 saturated carbocycles. The third kappa shape index (κ3) is 1.58. The van der Waals surface area contributed by atoms with Gasteiger partial charge in [-0.15, -0.1) is 0 Å². The van der Waals surface area contributed by atoms with Crippen molar-refractivity contribution in [2.45, 2.75) is 20.4 Å². The van der Waals surface area contributed by atoms with E-state index in [0.717, 1.165) is 5.56 Å². The predicted octanol–water partition coefficient (Wildman–Crippen LogP) is 0.593. The Morgan fingerprint density at radius 2 is 2.42 bits per heavy atom. The lowest BCUT2D eigenvalue weighted by molar-refractivity contribution is -0.117. The lowest BCUT2D eigenvalue weighted by atomic mass is 10.3. The molecular weight excluding hydrogens is 156 g/mol. The van der Waals surface area contributed by atoms with Crippen LogP contribution in [0.15, 0.2) is 6.20 Å². The van der Waals surface area contributed by atoms with Crippen molar-refractivity contribution < 1.29 is 9.59 Å². The number of carbonyl (C=O) groups is 2. The fourth-order valence-corrected chi connectivity index (χ4v) is 0.979. The molecule has 0 radical (unpaired) electrons. The van der Waals surface area contributed by atoms with Gasteiger partial charge in [-0.1, -0.05) is 0 Å². The molecule has 0 fully saturated rings. The van der Waals surface area contributed by atoms with Gasteiger partial charge in [0.2, 0.25) is 0 Å². The Kier molecular flexibility index (Phi) is 2.38. The van der Waals surface area contributed by atoms with Gasteiger partial charge in [-0.25, -0.2) is 0 Å². The maximum atomic E-state index is 10.7. The van der Waals surface area contributed by atoms with Gasteiger partial charge in [-0.2, -0.15) is 5.10 Å². The van der Waals surface area contributed by atoms with Crippen molar-refractivity contribution in [2.24, 2.45) is 0 Å². The van der Waals surface area contributed by atoms with Crippen LogP contribution in [-0.4, -0.2) is 21.8 Å². The summed E-state index contributed by atoms with van der Waals surface area (Å²) in [6.07, 6.45) is 2.29. The summed E-state index contributed by atoms with van der Waals surface area (Å²) < 4.78 is 1.41. The summed E-state index contributed by atoms with van der Waals surface area (Å²) in [6, 6.07) is 0. The van der Waals surface area contributed by atoms with E-state index < -0.39 is 0 Å². The number of nitrogens with zero attached hydrogens (tertiary/aromatic N) is 2. The minimum atomic E-state index is -0.0128. The Morgan fingerprint density at radius 1 is 1.75 bits per heavy atom. The number of aryl methyl sites for hydroxylation is 1. The average molecular weight is 166 g/mol. The quantitative estimate of drug-likeness (QED) is 0.617. The van der Waals surface area contributed by atoms with Crippen molar-refractivity contribution in [3.63, 3.8) is 0 Å². The number of Topliss-reactive ketones (excluding diaryl/α,β-unsaturated/α-hetero) is 1. The first-order valence-corrected chi connectivity index (χ1v) is 3.62. The van der Waals surface area contributed by atoms with E-state index in [4.69, 9.17) is 0 Å². The molecule has 0 saturated heterocycles. The molecule has 0 atom stereocenters. The number of hydrogen-bond acceptors (Lipinski definition) is 3. The summed E-state index contributed by atoms with van der Waals surface area (Å²) in [5.74, 6) is -0.0128. The van der Waals surface area contributed by atoms with Crippen LogP contribution in [-0.2, 0) is 11.3 Å². The lowest BCUT2D eigenvalue weighted by Crippen LogP contribution is -2.10. The summed E-state index contributed by atoms with van der Waals surface area (Å²) in [7, 11) is 0. The zero-order chi connectivity index (χ0) is 9.14. The lowest BCUT2D eigenvalue weighted by Gasteiger charge is -1.98. The van der Waals surface area contributed by atoms with E-state index in [1.807, 2.05) is 0 Å². The molecule has 1 heterocycles. The molecule has 4 heteroatoms. The fraction of sp³-hybridized carbons (Fsp3) is 0.375. The molecule has 0 N–H and O–H groups in total. The summed E-state index contributed by atoms with van der Waals surface area (Å²) in [4.78, 5) is 21.2. The van der Waals surface area contributed by atoms with Crippen LogP contribution in [0.3, 0.4) is 0 Å².